The lowest BCUT2D eigenvalue weighted by atomic mass is 9.59. The van der Waals surface area contributed by atoms with Crippen molar-refractivity contribution in [3.05, 3.63) is 0 Å². The molecule has 6 aliphatic carbocycles. The van der Waals surface area contributed by atoms with Gasteiger partial charge in [0.1, 0.15) is 0 Å². The first kappa shape index (κ1) is 68.1. The Morgan fingerprint density at radius 1 is 0.461 bits per heavy atom. The third kappa shape index (κ3) is 59.7. The molecule has 6 fully saturated rings. The van der Waals surface area contributed by atoms with Crippen LogP contribution in [-0.4, -0.2) is 12.4 Å². The van der Waals surface area contributed by atoms with Crippen LogP contribution in [-0.2, 0) is 0 Å². The predicted molar refractivity (Wildman–Crippen MR) is 331 cm³/mol. The largest absolute Gasteiger partial charge is 0.389 e. The molecule has 6 aliphatic rings. The number of alkyl halides is 6. The first-order valence-electron chi connectivity index (χ1n) is 35.0. The van der Waals surface area contributed by atoms with Crippen LogP contribution in [0, 0.1) is 74.3 Å². The average Bonchev–Trinajstić information content (AvgIpc) is 3.93. The Kier molecular flexibility index (Phi) is 38.8. The second-order valence-corrected chi connectivity index (χ2v) is 29.5. The number of rotatable bonds is 5. The zero-order valence-electron chi connectivity index (χ0n) is 62.7. The van der Waals surface area contributed by atoms with Gasteiger partial charge in [-0.1, -0.05) is 288 Å². The van der Waals surface area contributed by atoms with Crippen LogP contribution in [0.5, 0.6) is 0 Å². The van der Waals surface area contributed by atoms with E-state index in [2.05, 4.69) is 55.4 Å². The minimum absolute atomic E-state index is 0.0556. The first-order chi connectivity index (χ1) is 36.8. The normalized spacial score (nSPS) is 24.0. The monoisotopic (exact) mass is 1100 g/mol. The fraction of sp³-hybridized carbons (Fsp3) is 1.00. The minimum atomic E-state index is -3.98. The molecule has 6 rings (SSSR count). The lowest BCUT2D eigenvalue weighted by Crippen LogP contribution is -2.34. The Bertz CT molecular complexity index is 1460. The van der Waals surface area contributed by atoms with Crippen molar-refractivity contribution >= 4 is 0 Å². The molecule has 0 radical (unpaired) electrons. The molecule has 2 atom stereocenters. The van der Waals surface area contributed by atoms with E-state index in [1.165, 1.54) is 109 Å². The summed E-state index contributed by atoms with van der Waals surface area (Å²) in [5.74, 6) is 1.33. The summed E-state index contributed by atoms with van der Waals surface area (Å²) >= 11 is 0. The average molecular weight is 1100 g/mol. The maximum absolute atomic E-state index is 11.5. The van der Waals surface area contributed by atoms with Crippen molar-refractivity contribution in [3.63, 3.8) is 0 Å². The van der Waals surface area contributed by atoms with Crippen molar-refractivity contribution < 1.29 is 35.9 Å². The molecule has 0 unspecified atom stereocenters. The molecule has 2 spiro atoms. The Hall–Kier alpha value is -0.420. The molecule has 6 heteroatoms. The molecule has 6 saturated carbocycles. The van der Waals surface area contributed by atoms with Crippen LogP contribution < -0.4 is 0 Å². The van der Waals surface area contributed by atoms with Crippen molar-refractivity contribution in [3.8, 4) is 0 Å². The summed E-state index contributed by atoms with van der Waals surface area (Å²) in [6.45, 7) is 47.5. The molecular weight excluding hydrogens is 955 g/mol. The van der Waals surface area contributed by atoms with Crippen molar-refractivity contribution in [1.29, 1.82) is 0 Å². The summed E-state index contributed by atoms with van der Waals surface area (Å²) in [7, 11) is 0. The van der Waals surface area contributed by atoms with Crippen LogP contribution in [0.2, 0.25) is 0 Å². The maximum atomic E-state index is 11.5. The molecular formula is C70H142F6. The van der Waals surface area contributed by atoms with Crippen LogP contribution in [0.15, 0.2) is 0 Å². The topological polar surface area (TPSA) is 0 Å². The lowest BCUT2D eigenvalue weighted by Gasteiger charge is -2.47. The van der Waals surface area contributed by atoms with Gasteiger partial charge in [0.05, 0.1) is 0 Å². The Morgan fingerprint density at radius 3 is 0.895 bits per heavy atom. The van der Waals surface area contributed by atoms with E-state index in [1.54, 1.807) is 67.2 Å². The highest BCUT2D eigenvalue weighted by atomic mass is 19.4. The van der Waals surface area contributed by atoms with E-state index < -0.39 is 37.9 Å². The molecule has 0 aromatic heterocycles. The number of hydrogen-bond donors (Lipinski definition) is 0. The third-order valence-electron chi connectivity index (χ3n) is 16.0. The lowest BCUT2D eigenvalue weighted by molar-refractivity contribution is -0.144. The summed E-state index contributed by atoms with van der Waals surface area (Å²) in [6, 6.07) is 0. The van der Waals surface area contributed by atoms with E-state index >= 15 is 0 Å². The molecule has 76 heavy (non-hydrogen) atoms. The van der Waals surface area contributed by atoms with Gasteiger partial charge in [-0.2, -0.15) is 26.3 Å². The molecule has 0 aliphatic heterocycles. The highest BCUT2D eigenvalue weighted by Crippen LogP contribution is 2.53. The van der Waals surface area contributed by atoms with Crippen LogP contribution in [0.3, 0.4) is 0 Å². The molecule has 0 nitrogen and oxygen atoms in total. The fourth-order valence-electron chi connectivity index (χ4n) is 9.54. The van der Waals surface area contributed by atoms with Gasteiger partial charge in [-0.15, -0.1) is 0 Å². The van der Waals surface area contributed by atoms with Crippen molar-refractivity contribution in [1.82, 2.24) is 0 Å². The summed E-state index contributed by atoms with van der Waals surface area (Å²) < 4.78 is 120. The fourth-order valence-corrected chi connectivity index (χ4v) is 9.54. The Morgan fingerprint density at radius 2 is 0.711 bits per heavy atom. The van der Waals surface area contributed by atoms with Gasteiger partial charge in [-0.05, 0) is 139 Å². The Labute approximate surface area is 486 Å². The highest BCUT2D eigenvalue weighted by molar-refractivity contribution is 4.92. The van der Waals surface area contributed by atoms with Gasteiger partial charge in [-0.25, -0.2) is 0 Å². The summed E-state index contributed by atoms with van der Waals surface area (Å²) in [4.78, 5) is 0. The first-order valence-corrected chi connectivity index (χ1v) is 31.5. The smallest absolute Gasteiger partial charge is 0.171 e. The van der Waals surface area contributed by atoms with E-state index in [4.69, 9.17) is 9.60 Å². The molecule has 0 aromatic carbocycles. The zero-order chi connectivity index (χ0) is 66.4. The molecule has 0 amide bonds. The van der Waals surface area contributed by atoms with Crippen LogP contribution >= 0.6 is 0 Å². The molecule has 0 heterocycles. The van der Waals surface area contributed by atoms with Crippen LogP contribution in [0.4, 0.5) is 26.3 Å². The molecule has 0 bridgehead atoms. The van der Waals surface area contributed by atoms with Crippen molar-refractivity contribution in [2.24, 2.45) is 74.3 Å². The number of hydrogen-bond acceptors (Lipinski definition) is 0. The van der Waals surface area contributed by atoms with Crippen molar-refractivity contribution in [2.45, 2.75) is 377 Å². The van der Waals surface area contributed by atoms with Crippen LogP contribution in [0.25, 0.3) is 0 Å². The highest BCUT2D eigenvalue weighted by Gasteiger charge is 2.40. The SMILES string of the molecule is CC(C)(C)C.CC1CCC2(CC1)CCC(C)(C)CC2.CC1CCC2(CCCC2)CC1.CC[C@H](C)CC(F)(F)F.CC[C@H](C)CC(F)(F)F.[2H]C(C)(C)C.[2H]C([2H])(C)C(C)(C)C.[2H]C([2H])(C)C(C)C.[2H]C1(C)CCCC1.[2H]C1(C)CCCCC1. The van der Waals surface area contributed by atoms with E-state index in [0.29, 0.717) is 23.7 Å². The summed E-state index contributed by atoms with van der Waals surface area (Å²) in [5.41, 5.74) is 2.57. The molecule has 0 saturated heterocycles. The van der Waals surface area contributed by atoms with Gasteiger partial charge < -0.3 is 0 Å². The number of halogens is 6. The van der Waals surface area contributed by atoms with Crippen molar-refractivity contribution in [2.75, 3.05) is 0 Å². The Balaban J connectivity index is -0.000000424. The van der Waals surface area contributed by atoms with E-state index in [-0.39, 0.29) is 40.9 Å². The third-order valence-corrected chi connectivity index (χ3v) is 16.0. The van der Waals surface area contributed by atoms with Gasteiger partial charge in [0, 0.05) is 22.4 Å². The quantitative estimate of drug-likeness (QED) is 0.241. The molecule has 0 N–H and O–H groups in total. The maximum Gasteiger partial charge on any atom is 0.389 e. The summed E-state index contributed by atoms with van der Waals surface area (Å²) in [5, 5.41) is 0. The van der Waals surface area contributed by atoms with Crippen LogP contribution in [0.1, 0.15) is 375 Å². The van der Waals surface area contributed by atoms with Gasteiger partial charge in [0.25, 0.3) is 0 Å². The van der Waals surface area contributed by atoms with Gasteiger partial charge in [0.15, 0.2) is 0 Å². The molecule has 0 aromatic rings. The molecule has 464 valence electrons. The van der Waals surface area contributed by atoms with E-state index in [1.807, 2.05) is 69.2 Å². The zero-order valence-corrected chi connectivity index (χ0v) is 55.7. The van der Waals surface area contributed by atoms with Gasteiger partial charge >= 0.3 is 12.4 Å². The minimum Gasteiger partial charge on any atom is -0.171 e. The van der Waals surface area contributed by atoms with Gasteiger partial charge in [-0.3, -0.25) is 0 Å². The van der Waals surface area contributed by atoms with E-state index in [0.717, 1.165) is 48.3 Å². The summed E-state index contributed by atoms with van der Waals surface area (Å²) in [6.07, 6.45) is 25.2. The standard InChI is InChI=1S/C14H26.C11H20.C7H14.2C6H11F3.C6H12.C6H14.2C5H12.C4H10/c1-12-4-6-14(7-5-12)10-8-13(2,3)9-11-14;1-10-4-8-11(9-5-10)6-2-3-7-11;1-7-5-3-2-4-6-7;2*1-3-5(2)4-6(7,8)9;1-6-4-2-3-5-6;1-5-6(2,3)4;1-5(2,3)4;1-4-5(2)3;1-4(2)3/h12H,4-11H2,1-3H3;10H,2-9H2,1H3;7H,2-6H2,1H3;2*5H,3-4H2,1-2H3;6H,2-5H2,1H3;5H2,1-4H3;1-4H3;5H,4H2,1-3H3;4H,1-3H3/t;;;2*5-;;;;;/m...00...../s1/i;;7D;;;6D;5D2;;4D2;4D. The predicted octanol–water partition coefficient (Wildman–Crippen LogP) is 27.5. The second-order valence-electron chi connectivity index (χ2n) is 29.5. The van der Waals surface area contributed by atoms with E-state index in [9.17, 15) is 26.3 Å². The second kappa shape index (κ2) is 43.3. The van der Waals surface area contributed by atoms with Gasteiger partial charge in [0.2, 0.25) is 0 Å².